The van der Waals surface area contributed by atoms with Crippen LogP contribution in [-0.2, 0) is 0 Å². The lowest BCUT2D eigenvalue weighted by Gasteiger charge is -2.39. The minimum absolute atomic E-state index is 0.291. The lowest BCUT2D eigenvalue weighted by molar-refractivity contribution is 0.216. The number of nitrogen functional groups attached to an aromatic ring is 1. The summed E-state index contributed by atoms with van der Waals surface area (Å²) in [5.41, 5.74) is 2.76. The number of hydrogen-bond donors (Lipinski definition) is 3. The highest BCUT2D eigenvalue weighted by atomic mass is 79.9. The summed E-state index contributed by atoms with van der Waals surface area (Å²) in [6, 6.07) is 0.433. The summed E-state index contributed by atoms with van der Waals surface area (Å²) in [5.74, 6) is 6.57. The van der Waals surface area contributed by atoms with Crippen molar-refractivity contribution in [2.45, 2.75) is 45.6 Å². The maximum absolute atomic E-state index is 5.34. The molecule has 5 nitrogen and oxygen atoms in total. The largest absolute Gasteiger partial charge is 0.366 e. The first-order valence-corrected chi connectivity index (χ1v) is 7.08. The van der Waals surface area contributed by atoms with Gasteiger partial charge in [0.2, 0.25) is 5.95 Å². The lowest BCUT2D eigenvalue weighted by Crippen LogP contribution is -2.39. The number of nitrogens with two attached hydrogens (primary N) is 1. The van der Waals surface area contributed by atoms with Crippen LogP contribution in [0.1, 0.15) is 39.5 Å². The van der Waals surface area contributed by atoms with Gasteiger partial charge in [-0.1, -0.05) is 26.7 Å². The Bertz CT molecular complexity index is 421. The van der Waals surface area contributed by atoms with Gasteiger partial charge in [0, 0.05) is 12.2 Å². The molecule has 0 aliphatic heterocycles. The zero-order valence-corrected chi connectivity index (χ0v) is 12.4. The van der Waals surface area contributed by atoms with Crippen LogP contribution in [0.5, 0.6) is 0 Å². The van der Waals surface area contributed by atoms with Crippen LogP contribution in [0.3, 0.4) is 0 Å². The van der Waals surface area contributed by atoms with Crippen molar-refractivity contribution in [1.82, 2.24) is 9.97 Å². The molecule has 100 valence electrons. The van der Waals surface area contributed by atoms with E-state index in [2.05, 4.69) is 50.5 Å². The molecule has 1 heterocycles. The Kier molecular flexibility index (Phi) is 4.07. The van der Waals surface area contributed by atoms with Crippen molar-refractivity contribution in [1.29, 1.82) is 0 Å². The smallest absolute Gasteiger partial charge is 0.239 e. The SMILES string of the molecule is CC1(C)CCCCC1Nc1nc(NN)ncc1Br. The number of hydrogen-bond acceptors (Lipinski definition) is 5. The molecule has 1 atom stereocenters. The molecule has 1 saturated carbocycles. The molecular formula is C12H20BrN5. The van der Waals surface area contributed by atoms with Crippen molar-refractivity contribution in [2.24, 2.45) is 11.3 Å². The van der Waals surface area contributed by atoms with E-state index in [1.54, 1.807) is 6.20 Å². The summed E-state index contributed by atoms with van der Waals surface area (Å²) >= 11 is 3.47. The minimum Gasteiger partial charge on any atom is -0.366 e. The summed E-state index contributed by atoms with van der Waals surface area (Å²) in [4.78, 5) is 8.40. The Morgan fingerprint density at radius 2 is 2.22 bits per heavy atom. The van der Waals surface area contributed by atoms with Crippen molar-refractivity contribution in [3.8, 4) is 0 Å². The molecule has 18 heavy (non-hydrogen) atoms. The van der Waals surface area contributed by atoms with Gasteiger partial charge in [-0.25, -0.2) is 10.8 Å². The van der Waals surface area contributed by atoms with E-state index >= 15 is 0 Å². The van der Waals surface area contributed by atoms with E-state index in [-0.39, 0.29) is 0 Å². The quantitative estimate of drug-likeness (QED) is 0.591. The first-order chi connectivity index (χ1) is 8.53. The Hall–Kier alpha value is -0.880. The van der Waals surface area contributed by atoms with E-state index in [1.807, 2.05) is 0 Å². The van der Waals surface area contributed by atoms with E-state index in [0.717, 1.165) is 10.3 Å². The fourth-order valence-electron chi connectivity index (χ4n) is 2.46. The van der Waals surface area contributed by atoms with E-state index in [1.165, 1.54) is 25.7 Å². The number of aromatic nitrogens is 2. The second-order valence-electron chi connectivity index (χ2n) is 5.47. The number of rotatable bonds is 3. The molecule has 1 aromatic rings. The number of hydrazine groups is 1. The van der Waals surface area contributed by atoms with Crippen molar-refractivity contribution >= 4 is 27.7 Å². The monoisotopic (exact) mass is 313 g/mol. The molecule has 2 rings (SSSR count). The Balaban J connectivity index is 2.17. The second-order valence-corrected chi connectivity index (χ2v) is 6.32. The molecule has 0 aromatic carbocycles. The fraction of sp³-hybridized carbons (Fsp3) is 0.667. The molecule has 1 unspecified atom stereocenters. The van der Waals surface area contributed by atoms with Gasteiger partial charge in [-0.15, -0.1) is 0 Å². The van der Waals surface area contributed by atoms with Crippen LogP contribution in [0.2, 0.25) is 0 Å². The first-order valence-electron chi connectivity index (χ1n) is 6.28. The summed E-state index contributed by atoms with van der Waals surface area (Å²) in [7, 11) is 0. The van der Waals surface area contributed by atoms with Crippen LogP contribution in [-0.4, -0.2) is 16.0 Å². The van der Waals surface area contributed by atoms with E-state index in [4.69, 9.17) is 5.84 Å². The molecule has 1 fully saturated rings. The molecule has 1 aliphatic rings. The van der Waals surface area contributed by atoms with Crippen LogP contribution in [0.25, 0.3) is 0 Å². The van der Waals surface area contributed by atoms with E-state index in [0.29, 0.717) is 17.4 Å². The normalized spacial score (nSPS) is 22.6. The zero-order valence-electron chi connectivity index (χ0n) is 10.8. The number of nitrogens with one attached hydrogen (secondary N) is 2. The highest BCUT2D eigenvalue weighted by Crippen LogP contribution is 2.37. The number of halogens is 1. The highest BCUT2D eigenvalue weighted by Gasteiger charge is 2.32. The van der Waals surface area contributed by atoms with Crippen LogP contribution in [0.15, 0.2) is 10.7 Å². The van der Waals surface area contributed by atoms with Gasteiger partial charge in [0.25, 0.3) is 0 Å². The maximum Gasteiger partial charge on any atom is 0.239 e. The van der Waals surface area contributed by atoms with Crippen LogP contribution >= 0.6 is 15.9 Å². The molecule has 0 amide bonds. The van der Waals surface area contributed by atoms with Gasteiger partial charge < -0.3 is 5.32 Å². The first kappa shape index (κ1) is 13.5. The third-order valence-corrected chi connectivity index (χ3v) is 4.27. The number of nitrogens with zero attached hydrogens (tertiary/aromatic N) is 2. The van der Waals surface area contributed by atoms with Gasteiger partial charge in [-0.3, -0.25) is 5.43 Å². The summed E-state index contributed by atoms with van der Waals surface area (Å²) in [5, 5.41) is 3.52. The third-order valence-electron chi connectivity index (χ3n) is 3.69. The van der Waals surface area contributed by atoms with Crippen molar-refractivity contribution in [2.75, 3.05) is 10.7 Å². The molecule has 6 heteroatoms. The van der Waals surface area contributed by atoms with E-state index < -0.39 is 0 Å². The standard InChI is InChI=1S/C12H20BrN5/c1-12(2)6-4-3-5-9(12)16-10-8(13)7-15-11(17-10)18-14/h7,9H,3-6,14H2,1-2H3,(H2,15,16,17,18). The maximum atomic E-state index is 5.34. The predicted molar refractivity (Wildman–Crippen MR) is 77.2 cm³/mol. The fourth-order valence-corrected chi connectivity index (χ4v) is 2.77. The Morgan fingerprint density at radius 3 is 2.89 bits per heavy atom. The van der Waals surface area contributed by atoms with Gasteiger partial charge in [-0.2, -0.15) is 4.98 Å². The third kappa shape index (κ3) is 2.92. The molecule has 0 radical (unpaired) electrons. The predicted octanol–water partition coefficient (Wildman–Crippen LogP) is 2.91. The van der Waals surface area contributed by atoms with Crippen LogP contribution in [0.4, 0.5) is 11.8 Å². The summed E-state index contributed by atoms with van der Waals surface area (Å²) in [6.45, 7) is 4.61. The molecular weight excluding hydrogens is 294 g/mol. The van der Waals surface area contributed by atoms with Gasteiger partial charge in [-0.05, 0) is 34.2 Å². The molecule has 0 spiro atoms. The molecule has 4 N–H and O–H groups in total. The highest BCUT2D eigenvalue weighted by molar-refractivity contribution is 9.10. The average molecular weight is 314 g/mol. The Morgan fingerprint density at radius 1 is 1.44 bits per heavy atom. The van der Waals surface area contributed by atoms with Crippen molar-refractivity contribution in [3.05, 3.63) is 10.7 Å². The lowest BCUT2D eigenvalue weighted by atomic mass is 9.73. The van der Waals surface area contributed by atoms with E-state index in [9.17, 15) is 0 Å². The van der Waals surface area contributed by atoms with Gasteiger partial charge in [0.15, 0.2) is 0 Å². The minimum atomic E-state index is 0.291. The Labute approximate surface area is 116 Å². The van der Waals surface area contributed by atoms with Crippen molar-refractivity contribution < 1.29 is 0 Å². The van der Waals surface area contributed by atoms with Gasteiger partial charge >= 0.3 is 0 Å². The zero-order chi connectivity index (χ0) is 13.2. The van der Waals surface area contributed by atoms with Gasteiger partial charge in [0.1, 0.15) is 5.82 Å². The summed E-state index contributed by atoms with van der Waals surface area (Å²) in [6.07, 6.45) is 6.71. The molecule has 0 saturated heterocycles. The van der Waals surface area contributed by atoms with Crippen molar-refractivity contribution in [3.63, 3.8) is 0 Å². The summed E-state index contributed by atoms with van der Waals surface area (Å²) < 4.78 is 0.864. The topological polar surface area (TPSA) is 75.9 Å². The second kappa shape index (κ2) is 5.40. The molecule has 0 bridgehead atoms. The van der Waals surface area contributed by atoms with Crippen LogP contribution < -0.4 is 16.6 Å². The van der Waals surface area contributed by atoms with Gasteiger partial charge in [0.05, 0.1) is 4.47 Å². The molecule has 1 aliphatic carbocycles. The number of anilines is 2. The molecule has 1 aromatic heterocycles. The average Bonchev–Trinajstić information content (AvgIpc) is 2.34. The van der Waals surface area contributed by atoms with Crippen LogP contribution in [0, 0.1) is 5.41 Å².